The molecular weight excluding hydrogens is 334 g/mol. The second-order valence-corrected chi connectivity index (χ2v) is 8.34. The van der Waals surface area contributed by atoms with Gasteiger partial charge in [-0.3, -0.25) is 0 Å². The van der Waals surface area contributed by atoms with Gasteiger partial charge in [-0.05, 0) is 76.1 Å². The third kappa shape index (κ3) is 4.75. The summed E-state index contributed by atoms with van der Waals surface area (Å²) < 4.78 is 1.06. The molecule has 20 heavy (non-hydrogen) atoms. The van der Waals surface area contributed by atoms with Crippen molar-refractivity contribution in [3.8, 4) is 0 Å². The van der Waals surface area contributed by atoms with Crippen LogP contribution in [0.5, 0.6) is 0 Å². The lowest BCUT2D eigenvalue weighted by molar-refractivity contribution is 0.317. The zero-order chi connectivity index (χ0) is 14.8. The van der Waals surface area contributed by atoms with Crippen LogP contribution in [0.2, 0.25) is 5.02 Å². The van der Waals surface area contributed by atoms with Crippen LogP contribution in [0.1, 0.15) is 45.6 Å². The molecule has 1 aliphatic carbocycles. The average Bonchev–Trinajstić information content (AvgIpc) is 2.77. The number of rotatable bonds is 4. The van der Waals surface area contributed by atoms with E-state index in [1.807, 2.05) is 6.07 Å². The van der Waals surface area contributed by atoms with Gasteiger partial charge in [0.15, 0.2) is 0 Å². The van der Waals surface area contributed by atoms with Gasteiger partial charge in [-0.2, -0.15) is 0 Å². The zero-order valence-electron chi connectivity index (χ0n) is 12.7. The summed E-state index contributed by atoms with van der Waals surface area (Å²) in [5.41, 5.74) is 1.50. The molecule has 0 radical (unpaired) electrons. The first-order valence-corrected chi connectivity index (χ1v) is 8.71. The summed E-state index contributed by atoms with van der Waals surface area (Å²) in [6.07, 6.45) is 5.16. The van der Waals surface area contributed by atoms with Crippen molar-refractivity contribution in [2.24, 2.45) is 11.8 Å². The molecule has 1 aromatic rings. The van der Waals surface area contributed by atoms with Crippen LogP contribution in [0.3, 0.4) is 0 Å². The molecule has 2 atom stereocenters. The molecule has 1 saturated carbocycles. The monoisotopic (exact) mass is 357 g/mol. The van der Waals surface area contributed by atoms with Crippen molar-refractivity contribution < 1.29 is 0 Å². The Bertz CT molecular complexity index is 453. The van der Waals surface area contributed by atoms with Gasteiger partial charge in [0, 0.05) is 15.0 Å². The van der Waals surface area contributed by atoms with Crippen LogP contribution >= 0.6 is 27.5 Å². The van der Waals surface area contributed by atoms with Crippen LogP contribution < -0.4 is 5.32 Å². The maximum atomic E-state index is 6.36. The summed E-state index contributed by atoms with van der Waals surface area (Å²) in [7, 11) is 0. The summed E-state index contributed by atoms with van der Waals surface area (Å²) in [6.45, 7) is 7.84. The highest BCUT2D eigenvalue weighted by Gasteiger charge is 2.28. The van der Waals surface area contributed by atoms with Crippen LogP contribution in [0.4, 0.5) is 0 Å². The van der Waals surface area contributed by atoms with Gasteiger partial charge in [-0.1, -0.05) is 40.0 Å². The third-order valence-electron chi connectivity index (χ3n) is 4.21. The van der Waals surface area contributed by atoms with Crippen molar-refractivity contribution in [3.63, 3.8) is 0 Å². The lowest BCUT2D eigenvalue weighted by atomic mass is 9.89. The van der Waals surface area contributed by atoms with Crippen LogP contribution in [0, 0.1) is 11.8 Å². The first kappa shape index (κ1) is 16.3. The van der Waals surface area contributed by atoms with Gasteiger partial charge in [0.2, 0.25) is 0 Å². The van der Waals surface area contributed by atoms with Gasteiger partial charge in [-0.25, -0.2) is 0 Å². The Labute approximate surface area is 136 Å². The average molecular weight is 359 g/mol. The fraction of sp³-hybridized carbons (Fsp3) is 0.647. The van der Waals surface area contributed by atoms with E-state index >= 15 is 0 Å². The van der Waals surface area contributed by atoms with Crippen LogP contribution in [-0.4, -0.2) is 12.1 Å². The summed E-state index contributed by atoms with van der Waals surface area (Å²) >= 11 is 9.83. The molecule has 0 heterocycles. The summed E-state index contributed by atoms with van der Waals surface area (Å²) in [6, 6.07) is 6.27. The van der Waals surface area contributed by atoms with Crippen molar-refractivity contribution >= 4 is 27.5 Å². The Morgan fingerprint density at radius 3 is 2.60 bits per heavy atom. The molecule has 0 aromatic heterocycles. The minimum Gasteiger partial charge on any atom is -0.312 e. The molecule has 0 spiro atoms. The lowest BCUT2D eigenvalue weighted by Crippen LogP contribution is -2.40. The molecule has 0 amide bonds. The maximum Gasteiger partial charge on any atom is 0.0449 e. The van der Waals surface area contributed by atoms with E-state index in [0.29, 0.717) is 0 Å². The second kappa shape index (κ2) is 6.81. The fourth-order valence-electron chi connectivity index (χ4n) is 3.06. The SMILES string of the molecule is CC(C)(C)NCC1CCCC1Cc1ccc(Br)cc1Cl. The van der Waals surface area contributed by atoms with E-state index in [1.165, 1.54) is 24.8 Å². The Hall–Kier alpha value is -0.0500. The highest BCUT2D eigenvalue weighted by molar-refractivity contribution is 9.10. The number of hydrogen-bond acceptors (Lipinski definition) is 1. The number of hydrogen-bond donors (Lipinski definition) is 1. The quantitative estimate of drug-likeness (QED) is 0.754. The predicted molar refractivity (Wildman–Crippen MR) is 91.4 cm³/mol. The van der Waals surface area contributed by atoms with E-state index in [0.717, 1.165) is 34.3 Å². The minimum absolute atomic E-state index is 0.211. The van der Waals surface area contributed by atoms with Gasteiger partial charge in [0.1, 0.15) is 0 Å². The van der Waals surface area contributed by atoms with Gasteiger partial charge in [0.05, 0.1) is 0 Å². The van der Waals surface area contributed by atoms with Crippen molar-refractivity contribution in [1.29, 1.82) is 0 Å². The Morgan fingerprint density at radius 1 is 1.25 bits per heavy atom. The normalized spacial score (nSPS) is 23.2. The molecule has 2 rings (SSSR count). The fourth-order valence-corrected chi connectivity index (χ4v) is 3.81. The van der Waals surface area contributed by atoms with E-state index < -0.39 is 0 Å². The van der Waals surface area contributed by atoms with Crippen molar-refractivity contribution in [2.75, 3.05) is 6.54 Å². The van der Waals surface area contributed by atoms with E-state index in [4.69, 9.17) is 11.6 Å². The lowest BCUT2D eigenvalue weighted by Gasteiger charge is -2.26. The first-order valence-electron chi connectivity index (χ1n) is 7.54. The van der Waals surface area contributed by atoms with E-state index in [-0.39, 0.29) is 5.54 Å². The third-order valence-corrected chi connectivity index (χ3v) is 5.05. The molecule has 0 aliphatic heterocycles. The number of halogens is 2. The minimum atomic E-state index is 0.211. The number of benzene rings is 1. The zero-order valence-corrected chi connectivity index (χ0v) is 15.0. The van der Waals surface area contributed by atoms with Crippen LogP contribution in [0.15, 0.2) is 22.7 Å². The van der Waals surface area contributed by atoms with Crippen molar-refractivity contribution in [1.82, 2.24) is 5.32 Å². The number of nitrogens with one attached hydrogen (secondary N) is 1. The molecular formula is C17H25BrClN. The predicted octanol–water partition coefficient (Wildman–Crippen LogP) is 5.45. The molecule has 1 aliphatic rings. The molecule has 1 aromatic carbocycles. The van der Waals surface area contributed by atoms with E-state index in [1.54, 1.807) is 0 Å². The van der Waals surface area contributed by atoms with Gasteiger partial charge in [0.25, 0.3) is 0 Å². The highest BCUT2D eigenvalue weighted by atomic mass is 79.9. The molecule has 1 nitrogen and oxygen atoms in total. The Balaban J connectivity index is 1.97. The largest absolute Gasteiger partial charge is 0.312 e. The van der Waals surface area contributed by atoms with Crippen molar-refractivity contribution in [3.05, 3.63) is 33.3 Å². The van der Waals surface area contributed by atoms with E-state index in [2.05, 4.69) is 54.2 Å². The summed E-state index contributed by atoms with van der Waals surface area (Å²) in [5, 5.41) is 4.56. The first-order chi connectivity index (χ1) is 9.35. The van der Waals surface area contributed by atoms with Gasteiger partial charge >= 0.3 is 0 Å². The second-order valence-electron chi connectivity index (χ2n) is 7.02. The molecule has 1 fully saturated rings. The van der Waals surface area contributed by atoms with E-state index in [9.17, 15) is 0 Å². The highest BCUT2D eigenvalue weighted by Crippen LogP contribution is 2.36. The summed E-state index contributed by atoms with van der Waals surface area (Å²) in [5.74, 6) is 1.55. The Morgan fingerprint density at radius 2 is 1.95 bits per heavy atom. The standard InChI is InChI=1S/C17H25BrClN/c1-17(2,3)20-11-14-6-4-5-12(14)9-13-7-8-15(18)10-16(13)19/h7-8,10,12,14,20H,4-6,9,11H2,1-3H3. The smallest absolute Gasteiger partial charge is 0.0449 e. The van der Waals surface area contributed by atoms with Gasteiger partial charge < -0.3 is 5.32 Å². The topological polar surface area (TPSA) is 12.0 Å². The van der Waals surface area contributed by atoms with Gasteiger partial charge in [-0.15, -0.1) is 0 Å². The summed E-state index contributed by atoms with van der Waals surface area (Å²) in [4.78, 5) is 0. The molecule has 2 unspecified atom stereocenters. The Kier molecular flexibility index (Phi) is 5.56. The molecule has 0 saturated heterocycles. The van der Waals surface area contributed by atoms with Crippen molar-refractivity contribution in [2.45, 2.75) is 52.0 Å². The molecule has 1 N–H and O–H groups in total. The van der Waals surface area contributed by atoms with Crippen LogP contribution in [-0.2, 0) is 6.42 Å². The molecule has 3 heteroatoms. The maximum absolute atomic E-state index is 6.36. The van der Waals surface area contributed by atoms with Crippen LogP contribution in [0.25, 0.3) is 0 Å². The molecule has 0 bridgehead atoms. The molecule has 112 valence electrons.